The number of rotatable bonds is 5. The van der Waals surface area contributed by atoms with Gasteiger partial charge in [-0.3, -0.25) is 0 Å². The van der Waals surface area contributed by atoms with Crippen LogP contribution in [-0.2, 0) is 15.8 Å². The molecule has 5 nitrogen and oxygen atoms in total. The van der Waals surface area contributed by atoms with Gasteiger partial charge in [0.25, 0.3) is 0 Å². The molecule has 0 spiro atoms. The van der Waals surface area contributed by atoms with Crippen molar-refractivity contribution in [3.05, 3.63) is 40.3 Å². The Morgan fingerprint density at radius 3 is 2.71 bits per heavy atom. The first-order valence-electron chi connectivity index (χ1n) is 4.11. The normalized spacial score (nSPS) is 9.79. The zero-order chi connectivity index (χ0) is 10.2. The van der Waals surface area contributed by atoms with Gasteiger partial charge in [-0.2, -0.15) is 12.0 Å². The summed E-state index contributed by atoms with van der Waals surface area (Å²) < 4.78 is 4.90. The van der Waals surface area contributed by atoms with Crippen molar-refractivity contribution in [3.63, 3.8) is 0 Å². The molecule has 0 fully saturated rings. The maximum absolute atomic E-state index is 8.13. The van der Waals surface area contributed by atoms with Gasteiger partial charge in [0.1, 0.15) is 0 Å². The number of hydrogen-bond donors (Lipinski definition) is 0. The summed E-state index contributed by atoms with van der Waals surface area (Å²) in [4.78, 5) is 8.38. The monoisotopic (exact) mass is 215 g/mol. The molecule has 0 unspecified atom stereocenters. The minimum atomic E-state index is -0.772. The first-order chi connectivity index (χ1) is 6.86. The smallest absolute Gasteiger partial charge is 0.0723 e. The third-order valence-corrected chi connectivity index (χ3v) is 2.84. The molecule has 78 valence electrons. The largest absolute Gasteiger partial charge is 0.231 e. The van der Waals surface area contributed by atoms with Crippen LogP contribution >= 0.6 is 12.0 Å². The van der Waals surface area contributed by atoms with Gasteiger partial charge in [0.15, 0.2) is 0 Å². The predicted molar refractivity (Wildman–Crippen MR) is 58.8 cm³/mol. The van der Waals surface area contributed by atoms with E-state index < -0.39 is 12.0 Å². The molecule has 0 bridgehead atoms. The topological polar surface area (TPSA) is 67.2 Å². The van der Waals surface area contributed by atoms with Crippen LogP contribution < -0.4 is 0 Å². The van der Waals surface area contributed by atoms with E-state index in [1.54, 1.807) is 0 Å². The van der Waals surface area contributed by atoms with Gasteiger partial charge in [0.05, 0.1) is 13.7 Å². The van der Waals surface area contributed by atoms with Gasteiger partial charge in [0, 0.05) is 4.91 Å². The molecule has 0 aliphatic heterocycles. The zero-order valence-corrected chi connectivity index (χ0v) is 9.30. The fourth-order valence-corrected chi connectivity index (χ4v) is 1.66. The molecule has 0 amide bonds. The van der Waals surface area contributed by atoms with Gasteiger partial charge in [-0.1, -0.05) is 29.4 Å². The van der Waals surface area contributed by atoms with Crippen LogP contribution in [0, 0.1) is 0 Å². The van der Waals surface area contributed by atoms with Crippen molar-refractivity contribution in [1.82, 2.24) is 0 Å². The molecule has 0 aliphatic rings. The van der Waals surface area contributed by atoms with E-state index in [1.165, 1.54) is 7.11 Å². The molecule has 1 rings (SSSR count). The highest BCUT2D eigenvalue weighted by atomic mass is 32.2. The average molecular weight is 215 g/mol. The lowest BCUT2D eigenvalue weighted by molar-refractivity contribution is -0.160. The number of nitrogens with zero attached hydrogens (tertiary/aromatic N) is 3. The standard InChI is InChI=1S/C8H13N3O2S/c1-12-13-14-8-4-2-7(3-5-8)6-10-11-9/h2-5H,6H2,1H3,14H4. The van der Waals surface area contributed by atoms with Crippen molar-refractivity contribution in [2.75, 3.05) is 7.11 Å². The first kappa shape index (κ1) is 10.9. The van der Waals surface area contributed by atoms with Crippen molar-refractivity contribution in [2.24, 2.45) is 5.11 Å². The fourth-order valence-electron chi connectivity index (χ4n) is 0.981. The van der Waals surface area contributed by atoms with Gasteiger partial charge < -0.3 is 0 Å². The van der Waals surface area contributed by atoms with Crippen LogP contribution in [0.25, 0.3) is 10.4 Å². The van der Waals surface area contributed by atoms with Crippen LogP contribution in [0.2, 0.25) is 0 Å². The van der Waals surface area contributed by atoms with Crippen molar-refractivity contribution in [1.29, 1.82) is 0 Å². The number of azide groups is 1. The second-order valence-electron chi connectivity index (χ2n) is 2.63. The summed E-state index contributed by atoms with van der Waals surface area (Å²) in [5, 5.41) is 3.47. The Morgan fingerprint density at radius 1 is 1.43 bits per heavy atom. The van der Waals surface area contributed by atoms with Crippen molar-refractivity contribution >= 4 is 12.0 Å². The Labute approximate surface area is 85.8 Å². The summed E-state index contributed by atoms with van der Waals surface area (Å²) in [5.41, 5.74) is 9.13. The molecule has 0 N–H and O–H groups in total. The van der Waals surface area contributed by atoms with E-state index in [4.69, 9.17) is 9.86 Å². The second-order valence-corrected chi connectivity index (χ2v) is 3.98. The Kier molecular flexibility index (Phi) is 4.88. The van der Waals surface area contributed by atoms with E-state index in [0.29, 0.717) is 6.54 Å². The van der Waals surface area contributed by atoms with Crippen LogP contribution in [0.3, 0.4) is 0 Å². The van der Waals surface area contributed by atoms with Crippen LogP contribution in [0.15, 0.2) is 34.3 Å². The number of hydrogen-bond acceptors (Lipinski definition) is 3. The maximum atomic E-state index is 8.13. The highest BCUT2D eigenvalue weighted by Gasteiger charge is 1.91. The first-order valence-corrected chi connectivity index (χ1v) is 5.39. The van der Waals surface area contributed by atoms with Crippen molar-refractivity contribution in [3.8, 4) is 0 Å². The van der Waals surface area contributed by atoms with Crippen LogP contribution in [-0.4, -0.2) is 7.11 Å². The lowest BCUT2D eigenvalue weighted by atomic mass is 10.2. The summed E-state index contributed by atoms with van der Waals surface area (Å²) in [6.45, 7) is 0.392. The van der Waals surface area contributed by atoms with Gasteiger partial charge >= 0.3 is 0 Å². The van der Waals surface area contributed by atoms with E-state index in [9.17, 15) is 0 Å². The molecule has 6 heteroatoms. The summed E-state index contributed by atoms with van der Waals surface area (Å²) in [7, 11) is 1.50. The Bertz CT molecular complexity index is 322. The maximum Gasteiger partial charge on any atom is 0.0723 e. The molecular formula is C8H13N3O2S. The third-order valence-electron chi connectivity index (χ3n) is 1.68. The lowest BCUT2D eigenvalue weighted by Gasteiger charge is -2.05. The molecule has 1 aromatic rings. The highest BCUT2D eigenvalue weighted by molar-refractivity contribution is 7.94. The van der Waals surface area contributed by atoms with Gasteiger partial charge in [-0.05, 0) is 16.0 Å². The Hall–Kier alpha value is -1.20. The molecule has 0 heterocycles. The van der Waals surface area contributed by atoms with Crippen molar-refractivity contribution < 1.29 is 9.22 Å². The fraction of sp³-hybridized carbons (Fsp3) is 0.250. The molecule has 14 heavy (non-hydrogen) atoms. The Balaban J connectivity index is 2.54. The van der Waals surface area contributed by atoms with E-state index in [1.807, 2.05) is 24.3 Å². The van der Waals surface area contributed by atoms with Crippen LogP contribution in [0.5, 0.6) is 0 Å². The minimum Gasteiger partial charge on any atom is -0.231 e. The molecule has 0 atom stereocenters. The Morgan fingerprint density at radius 2 is 2.14 bits per heavy atom. The van der Waals surface area contributed by atoms with Crippen LogP contribution in [0.4, 0.5) is 0 Å². The zero-order valence-electron chi connectivity index (χ0n) is 7.88. The summed E-state index contributed by atoms with van der Waals surface area (Å²) in [5.74, 6) is 0. The van der Waals surface area contributed by atoms with Gasteiger partial charge in [-0.15, -0.1) is 0 Å². The SMILES string of the molecule is COO[SH4]c1ccc(CN=[N+]=[N-])cc1. The summed E-state index contributed by atoms with van der Waals surface area (Å²) in [6.07, 6.45) is 0. The van der Waals surface area contributed by atoms with Crippen molar-refractivity contribution in [2.45, 2.75) is 11.4 Å². The van der Waals surface area contributed by atoms with E-state index in [-0.39, 0.29) is 0 Å². The molecular weight excluding hydrogens is 202 g/mol. The minimum absolute atomic E-state index is 0.392. The average Bonchev–Trinajstić information content (AvgIpc) is 2.25. The highest BCUT2D eigenvalue weighted by Crippen LogP contribution is 2.19. The molecule has 0 aromatic heterocycles. The lowest BCUT2D eigenvalue weighted by Crippen LogP contribution is -1.81. The molecule has 1 aromatic carbocycles. The molecule has 0 aliphatic carbocycles. The molecule has 0 radical (unpaired) electrons. The summed E-state index contributed by atoms with van der Waals surface area (Å²) >= 11 is -0.772. The van der Waals surface area contributed by atoms with Gasteiger partial charge in [0.2, 0.25) is 0 Å². The van der Waals surface area contributed by atoms with Crippen LogP contribution in [0.1, 0.15) is 5.56 Å². The second kappa shape index (κ2) is 6.28. The number of benzene rings is 1. The van der Waals surface area contributed by atoms with E-state index >= 15 is 0 Å². The van der Waals surface area contributed by atoms with E-state index in [0.717, 1.165) is 10.5 Å². The van der Waals surface area contributed by atoms with E-state index in [2.05, 4.69) is 14.9 Å². The summed E-state index contributed by atoms with van der Waals surface area (Å²) in [6, 6.07) is 7.78. The quantitative estimate of drug-likeness (QED) is 0.248. The molecule has 0 saturated heterocycles. The molecule has 0 saturated carbocycles. The predicted octanol–water partition coefficient (Wildman–Crippen LogP) is 2.01. The van der Waals surface area contributed by atoms with Gasteiger partial charge in [-0.25, -0.2) is 9.22 Å². The third kappa shape index (κ3) is 3.68.